The monoisotopic (exact) mass is 333 g/mol. The van der Waals surface area contributed by atoms with E-state index in [1.807, 2.05) is 23.6 Å². The van der Waals surface area contributed by atoms with Gasteiger partial charge in [-0.3, -0.25) is 24.6 Å². The zero-order valence-electron chi connectivity index (χ0n) is 14.1. The van der Waals surface area contributed by atoms with Crippen molar-refractivity contribution in [2.45, 2.75) is 13.8 Å². The molecule has 0 spiro atoms. The molecule has 1 aliphatic heterocycles. The van der Waals surface area contributed by atoms with Gasteiger partial charge in [0.15, 0.2) is 5.65 Å². The number of nitrogens with zero attached hydrogens (tertiary/aromatic N) is 5. The summed E-state index contributed by atoms with van der Waals surface area (Å²) in [6.45, 7) is 8.87. The molecule has 130 valence electrons. The second-order valence-corrected chi connectivity index (χ2v) is 5.85. The third-order valence-electron chi connectivity index (χ3n) is 4.45. The van der Waals surface area contributed by atoms with Crippen molar-refractivity contribution in [2.75, 3.05) is 50.7 Å². The summed E-state index contributed by atoms with van der Waals surface area (Å²) in [6, 6.07) is 0. The molecule has 1 amide bonds. The Morgan fingerprint density at radius 1 is 1.25 bits per heavy atom. The summed E-state index contributed by atoms with van der Waals surface area (Å²) in [5.74, 6) is 0.713. The van der Waals surface area contributed by atoms with Gasteiger partial charge >= 0.3 is 0 Å². The molecule has 1 fully saturated rings. The number of nitrogens with one attached hydrogen (secondary N) is 2. The molecule has 2 aromatic heterocycles. The smallest absolute Gasteiger partial charge is 0.263 e. The van der Waals surface area contributed by atoms with Gasteiger partial charge in [0.05, 0.1) is 12.7 Å². The number of amides is 1. The van der Waals surface area contributed by atoms with Crippen molar-refractivity contribution in [1.82, 2.24) is 30.0 Å². The Kier molecular flexibility index (Phi) is 4.79. The average molecular weight is 333 g/mol. The number of carbonyl (C=O) groups excluding carboxylic acids is 1. The summed E-state index contributed by atoms with van der Waals surface area (Å²) < 4.78 is 0. The molecule has 0 aromatic carbocycles. The summed E-state index contributed by atoms with van der Waals surface area (Å²) in [7, 11) is 0. The highest BCUT2D eigenvalue weighted by Gasteiger charge is 2.22. The third kappa shape index (κ3) is 3.25. The Balaban J connectivity index is 1.62. The van der Waals surface area contributed by atoms with E-state index in [0.29, 0.717) is 36.6 Å². The number of H-pyrrole nitrogens is 2. The number of hydrogen-bond acceptors (Lipinski definition) is 6. The highest BCUT2D eigenvalue weighted by atomic mass is 16.2. The molecular formula is C15H23N7O2. The van der Waals surface area contributed by atoms with Gasteiger partial charge in [0.25, 0.3) is 5.56 Å². The van der Waals surface area contributed by atoms with Gasteiger partial charge in [0.1, 0.15) is 5.39 Å². The fraction of sp³-hybridized carbons (Fsp3) is 0.600. The number of hydrogen-bond donors (Lipinski definition) is 2. The Bertz CT molecular complexity index is 757. The summed E-state index contributed by atoms with van der Waals surface area (Å²) >= 11 is 0. The number of piperazine rings is 1. The molecule has 3 heterocycles. The lowest BCUT2D eigenvalue weighted by Crippen LogP contribution is -2.50. The molecule has 0 unspecified atom stereocenters. The van der Waals surface area contributed by atoms with E-state index in [9.17, 15) is 9.59 Å². The molecule has 9 nitrogen and oxygen atoms in total. The van der Waals surface area contributed by atoms with E-state index < -0.39 is 0 Å². The highest BCUT2D eigenvalue weighted by molar-refractivity contribution is 5.78. The van der Waals surface area contributed by atoms with Gasteiger partial charge in [-0.15, -0.1) is 0 Å². The van der Waals surface area contributed by atoms with Crippen LogP contribution in [-0.4, -0.2) is 81.7 Å². The van der Waals surface area contributed by atoms with Crippen molar-refractivity contribution in [3.05, 3.63) is 16.6 Å². The van der Waals surface area contributed by atoms with Gasteiger partial charge in [-0.1, -0.05) is 0 Å². The van der Waals surface area contributed by atoms with Gasteiger partial charge in [-0.25, -0.2) is 0 Å². The van der Waals surface area contributed by atoms with Crippen molar-refractivity contribution >= 4 is 22.9 Å². The summed E-state index contributed by atoms with van der Waals surface area (Å²) in [4.78, 5) is 37.4. The van der Waals surface area contributed by atoms with Gasteiger partial charge in [0.2, 0.25) is 11.9 Å². The van der Waals surface area contributed by atoms with Crippen LogP contribution in [0.1, 0.15) is 13.8 Å². The van der Waals surface area contributed by atoms with Crippen LogP contribution in [0.15, 0.2) is 11.0 Å². The number of rotatable bonds is 5. The minimum Gasteiger partial charge on any atom is -0.342 e. The van der Waals surface area contributed by atoms with Crippen LogP contribution in [0, 0.1) is 0 Å². The topological polar surface area (TPSA) is 101 Å². The standard InChI is InChI=1S/C15H23N7O2/c1-3-21(4-2)12(23)10-20-5-7-22(8-6-20)15-17-13-11(9-16-19-13)14(24)18-15/h9H,3-8,10H2,1-2H3,(H2,16,17,18,19,24). The van der Waals surface area contributed by atoms with Crippen LogP contribution >= 0.6 is 0 Å². The fourth-order valence-corrected chi connectivity index (χ4v) is 2.97. The number of fused-ring (bicyclic) bond motifs is 1. The van der Waals surface area contributed by atoms with E-state index in [1.54, 1.807) is 0 Å². The molecular weight excluding hydrogens is 310 g/mol. The normalized spacial score (nSPS) is 15.8. The van der Waals surface area contributed by atoms with Crippen LogP contribution < -0.4 is 10.5 Å². The Morgan fingerprint density at radius 3 is 2.62 bits per heavy atom. The molecule has 9 heteroatoms. The van der Waals surface area contributed by atoms with Gasteiger partial charge < -0.3 is 9.80 Å². The lowest BCUT2D eigenvalue weighted by Gasteiger charge is -2.35. The van der Waals surface area contributed by atoms with Crippen molar-refractivity contribution in [1.29, 1.82) is 0 Å². The molecule has 0 bridgehead atoms. The minimum atomic E-state index is -0.192. The first kappa shape index (κ1) is 16.4. The molecule has 2 N–H and O–H groups in total. The lowest BCUT2D eigenvalue weighted by atomic mass is 10.3. The third-order valence-corrected chi connectivity index (χ3v) is 4.45. The number of aromatic amines is 2. The summed E-state index contributed by atoms with van der Waals surface area (Å²) in [6.07, 6.45) is 1.47. The molecule has 0 saturated carbocycles. The highest BCUT2D eigenvalue weighted by Crippen LogP contribution is 2.12. The summed E-state index contributed by atoms with van der Waals surface area (Å²) in [5.41, 5.74) is 0.302. The molecule has 1 saturated heterocycles. The van der Waals surface area contributed by atoms with Crippen molar-refractivity contribution in [3.63, 3.8) is 0 Å². The van der Waals surface area contributed by atoms with Crippen molar-refractivity contribution in [2.24, 2.45) is 0 Å². The Morgan fingerprint density at radius 2 is 1.96 bits per heavy atom. The maximum atomic E-state index is 12.2. The lowest BCUT2D eigenvalue weighted by molar-refractivity contribution is -0.132. The van der Waals surface area contributed by atoms with Crippen LogP contribution in [0.4, 0.5) is 5.95 Å². The predicted octanol–water partition coefficient (Wildman–Crippen LogP) is -0.363. The first-order chi connectivity index (χ1) is 11.6. The fourth-order valence-electron chi connectivity index (χ4n) is 2.97. The minimum absolute atomic E-state index is 0.166. The van der Waals surface area contributed by atoms with E-state index in [2.05, 4.69) is 25.1 Å². The van der Waals surface area contributed by atoms with Crippen LogP contribution in [0.3, 0.4) is 0 Å². The molecule has 24 heavy (non-hydrogen) atoms. The maximum absolute atomic E-state index is 12.2. The van der Waals surface area contributed by atoms with Gasteiger partial charge in [0, 0.05) is 39.3 Å². The summed E-state index contributed by atoms with van der Waals surface area (Å²) in [5, 5.41) is 7.04. The molecule has 3 rings (SSSR count). The van der Waals surface area contributed by atoms with Gasteiger partial charge in [-0.2, -0.15) is 10.1 Å². The Labute approximate surface area is 139 Å². The first-order valence-corrected chi connectivity index (χ1v) is 8.30. The molecule has 0 atom stereocenters. The van der Waals surface area contributed by atoms with E-state index in [4.69, 9.17) is 0 Å². The first-order valence-electron chi connectivity index (χ1n) is 8.30. The van der Waals surface area contributed by atoms with Crippen LogP contribution in [0.5, 0.6) is 0 Å². The van der Waals surface area contributed by atoms with Crippen molar-refractivity contribution in [3.8, 4) is 0 Å². The zero-order valence-corrected chi connectivity index (χ0v) is 14.1. The van der Waals surface area contributed by atoms with Gasteiger partial charge in [-0.05, 0) is 13.8 Å². The second kappa shape index (κ2) is 7.00. The van der Waals surface area contributed by atoms with Crippen LogP contribution in [-0.2, 0) is 4.79 Å². The molecule has 2 aromatic rings. The maximum Gasteiger partial charge on any atom is 0.263 e. The quantitative estimate of drug-likeness (QED) is 0.775. The second-order valence-electron chi connectivity index (χ2n) is 5.85. The van der Waals surface area contributed by atoms with Crippen LogP contribution in [0.25, 0.3) is 11.0 Å². The predicted molar refractivity (Wildman–Crippen MR) is 91.1 cm³/mol. The van der Waals surface area contributed by atoms with E-state index in [-0.39, 0.29) is 11.5 Å². The number of carbonyl (C=O) groups is 1. The SMILES string of the molecule is CCN(CC)C(=O)CN1CCN(c2nc3[nH]ncc3c(=O)[nH]2)CC1. The molecule has 0 radical (unpaired) electrons. The largest absolute Gasteiger partial charge is 0.342 e. The van der Waals surface area contributed by atoms with E-state index in [0.717, 1.165) is 26.2 Å². The number of anilines is 1. The van der Waals surface area contributed by atoms with E-state index in [1.165, 1.54) is 6.20 Å². The average Bonchev–Trinajstić information content (AvgIpc) is 3.06. The zero-order chi connectivity index (χ0) is 17.1. The molecule has 1 aliphatic rings. The van der Waals surface area contributed by atoms with E-state index >= 15 is 0 Å². The number of aromatic nitrogens is 4. The molecule has 0 aliphatic carbocycles. The number of likely N-dealkylation sites (N-methyl/N-ethyl adjacent to an activating group) is 1. The Hall–Kier alpha value is -2.42. The van der Waals surface area contributed by atoms with Crippen molar-refractivity contribution < 1.29 is 4.79 Å². The van der Waals surface area contributed by atoms with Crippen LogP contribution in [0.2, 0.25) is 0 Å².